The second kappa shape index (κ2) is 4.71. The molecule has 1 aromatic heterocycles. The number of ketones is 1. The van der Waals surface area contributed by atoms with Gasteiger partial charge in [-0.3, -0.25) is 9.59 Å². The molecule has 0 saturated carbocycles. The summed E-state index contributed by atoms with van der Waals surface area (Å²) >= 11 is 3.11. The Hall–Kier alpha value is -1.62. The first-order chi connectivity index (χ1) is 8.11. The van der Waals surface area contributed by atoms with Crippen LogP contribution in [-0.2, 0) is 4.79 Å². The first kappa shape index (κ1) is 11.9. The van der Waals surface area contributed by atoms with Crippen LogP contribution in [0, 0.1) is 0 Å². The van der Waals surface area contributed by atoms with E-state index in [2.05, 4.69) is 15.9 Å². The number of ether oxygens (including phenoxy) is 1. The molecule has 0 bridgehead atoms. The third kappa shape index (κ3) is 2.39. The topological polar surface area (TPSA) is 56.5 Å². The predicted octanol–water partition coefficient (Wildman–Crippen LogP) is 2.94. The average Bonchev–Trinajstić information content (AvgIpc) is 2.68. The zero-order chi connectivity index (χ0) is 12.4. The number of carbonyl (C=O) groups excluding carboxylic acids is 2. The van der Waals surface area contributed by atoms with Gasteiger partial charge in [0, 0.05) is 18.4 Å². The van der Waals surface area contributed by atoms with Crippen LogP contribution in [0.1, 0.15) is 17.3 Å². The molecule has 0 N–H and O–H groups in total. The average molecular weight is 297 g/mol. The minimum Gasteiger partial charge on any atom is -0.424 e. The van der Waals surface area contributed by atoms with E-state index >= 15 is 0 Å². The van der Waals surface area contributed by atoms with Crippen LogP contribution in [0.2, 0.25) is 0 Å². The minimum absolute atomic E-state index is 0.0840. The van der Waals surface area contributed by atoms with Gasteiger partial charge in [-0.25, -0.2) is 0 Å². The third-order valence-electron chi connectivity index (χ3n) is 2.19. The molecule has 0 radical (unpaired) electrons. The Morgan fingerprint density at radius 3 is 2.82 bits per heavy atom. The van der Waals surface area contributed by atoms with E-state index in [0.29, 0.717) is 11.1 Å². The molecule has 4 nitrogen and oxygen atoms in total. The molecule has 0 spiro atoms. The van der Waals surface area contributed by atoms with Crippen molar-refractivity contribution < 1.29 is 18.7 Å². The van der Waals surface area contributed by atoms with E-state index in [9.17, 15) is 9.59 Å². The van der Waals surface area contributed by atoms with Crippen LogP contribution in [0.25, 0.3) is 11.0 Å². The summed E-state index contributed by atoms with van der Waals surface area (Å²) in [6.45, 7) is 1.29. The van der Waals surface area contributed by atoms with Crippen molar-refractivity contribution in [3.05, 3.63) is 29.8 Å². The fourth-order valence-corrected chi connectivity index (χ4v) is 1.83. The number of hydrogen-bond acceptors (Lipinski definition) is 4. The second-order valence-electron chi connectivity index (χ2n) is 3.44. The maximum atomic E-state index is 11.6. The zero-order valence-corrected chi connectivity index (χ0v) is 10.6. The van der Waals surface area contributed by atoms with Crippen LogP contribution in [0.4, 0.5) is 0 Å². The number of carbonyl (C=O) groups is 2. The highest BCUT2D eigenvalue weighted by molar-refractivity contribution is 9.09. The lowest BCUT2D eigenvalue weighted by Crippen LogP contribution is -2.00. The summed E-state index contributed by atoms with van der Waals surface area (Å²) in [5.74, 6) is -0.445. The van der Waals surface area contributed by atoms with Crippen molar-refractivity contribution in [1.82, 2.24) is 0 Å². The highest BCUT2D eigenvalue weighted by atomic mass is 79.9. The fraction of sp³-hybridized carbons (Fsp3) is 0.167. The van der Waals surface area contributed by atoms with Crippen molar-refractivity contribution >= 4 is 38.7 Å². The van der Waals surface area contributed by atoms with E-state index in [0.717, 1.165) is 5.39 Å². The Bertz CT molecular complexity index is 585. The smallest absolute Gasteiger partial charge is 0.310 e. The third-order valence-corrected chi connectivity index (χ3v) is 2.70. The lowest BCUT2D eigenvalue weighted by atomic mass is 10.1. The Balaban J connectivity index is 2.52. The summed E-state index contributed by atoms with van der Waals surface area (Å²) in [5.41, 5.74) is 0.908. The first-order valence-corrected chi connectivity index (χ1v) is 6.04. The van der Waals surface area contributed by atoms with Gasteiger partial charge in [-0.1, -0.05) is 28.1 Å². The van der Waals surface area contributed by atoms with E-state index in [4.69, 9.17) is 9.15 Å². The Labute approximate surface area is 106 Å². The molecule has 1 aromatic carbocycles. The van der Waals surface area contributed by atoms with E-state index in [1.54, 1.807) is 24.3 Å². The number of benzene rings is 1. The minimum atomic E-state index is -0.461. The maximum Gasteiger partial charge on any atom is 0.310 e. The molecule has 0 aliphatic rings. The quantitative estimate of drug-likeness (QED) is 0.496. The van der Waals surface area contributed by atoms with Gasteiger partial charge in [-0.2, -0.15) is 0 Å². The van der Waals surface area contributed by atoms with Crippen LogP contribution in [-0.4, -0.2) is 17.1 Å². The molecular weight excluding hydrogens is 288 g/mol. The van der Waals surface area contributed by atoms with Gasteiger partial charge in [0.2, 0.25) is 0 Å². The molecule has 0 amide bonds. The lowest BCUT2D eigenvalue weighted by molar-refractivity contribution is -0.132. The molecule has 0 aliphatic heterocycles. The molecule has 0 atom stereocenters. The van der Waals surface area contributed by atoms with Crippen molar-refractivity contribution in [3.63, 3.8) is 0 Å². The van der Waals surface area contributed by atoms with Crippen molar-refractivity contribution in [2.75, 3.05) is 5.33 Å². The normalized spacial score (nSPS) is 10.5. The fourth-order valence-electron chi connectivity index (χ4n) is 1.52. The van der Waals surface area contributed by atoms with E-state index in [1.165, 1.54) is 6.92 Å². The number of para-hydroxylation sites is 1. The van der Waals surface area contributed by atoms with Crippen molar-refractivity contribution in [2.45, 2.75) is 6.92 Å². The van der Waals surface area contributed by atoms with Gasteiger partial charge in [-0.15, -0.1) is 0 Å². The van der Waals surface area contributed by atoms with Crippen LogP contribution < -0.4 is 4.74 Å². The van der Waals surface area contributed by atoms with Gasteiger partial charge >= 0.3 is 5.97 Å². The largest absolute Gasteiger partial charge is 0.424 e. The Morgan fingerprint density at radius 2 is 2.18 bits per heavy atom. The summed E-state index contributed by atoms with van der Waals surface area (Å²) < 4.78 is 10.2. The summed E-state index contributed by atoms with van der Waals surface area (Å²) in [6, 6.07) is 6.80. The molecule has 2 rings (SSSR count). The van der Waals surface area contributed by atoms with E-state index in [1.807, 2.05) is 0 Å². The molecule has 0 fully saturated rings. The van der Waals surface area contributed by atoms with Crippen molar-refractivity contribution in [3.8, 4) is 5.95 Å². The first-order valence-electron chi connectivity index (χ1n) is 4.92. The molecule has 0 saturated heterocycles. The van der Waals surface area contributed by atoms with Gasteiger partial charge in [-0.05, 0) is 6.07 Å². The maximum absolute atomic E-state index is 11.6. The Morgan fingerprint density at radius 1 is 1.41 bits per heavy atom. The summed E-state index contributed by atoms with van der Waals surface area (Å²) in [7, 11) is 0. The second-order valence-corrected chi connectivity index (χ2v) is 4.00. The summed E-state index contributed by atoms with van der Waals surface area (Å²) in [5, 5.41) is 0.948. The number of fused-ring (bicyclic) bond motifs is 1. The van der Waals surface area contributed by atoms with Gasteiger partial charge < -0.3 is 9.15 Å². The van der Waals surface area contributed by atoms with Gasteiger partial charge in [0.05, 0.1) is 10.9 Å². The number of hydrogen-bond donors (Lipinski definition) is 0. The van der Waals surface area contributed by atoms with Crippen LogP contribution in [0.3, 0.4) is 0 Å². The number of Topliss-reactive ketones (excluding diaryl/α,β-unsaturated/α-hetero) is 1. The molecule has 17 heavy (non-hydrogen) atoms. The van der Waals surface area contributed by atoms with E-state index in [-0.39, 0.29) is 17.1 Å². The molecule has 0 aliphatic carbocycles. The van der Waals surface area contributed by atoms with Gasteiger partial charge in [0.25, 0.3) is 5.95 Å². The number of halogens is 1. The van der Waals surface area contributed by atoms with E-state index < -0.39 is 5.97 Å². The standard InChI is InChI=1S/C12H9BrO4/c1-7(14)16-11-5-8-3-2-4-9(10(15)6-13)12(8)17-11/h2-5H,6H2,1H3. The number of alkyl halides is 1. The lowest BCUT2D eigenvalue weighted by Gasteiger charge is -1.97. The molecule has 2 aromatic rings. The summed E-state index contributed by atoms with van der Waals surface area (Å²) in [4.78, 5) is 22.5. The van der Waals surface area contributed by atoms with Crippen molar-refractivity contribution in [1.29, 1.82) is 0 Å². The molecule has 88 valence electrons. The number of furan rings is 1. The summed E-state index contributed by atoms with van der Waals surface area (Å²) in [6.07, 6.45) is 0. The molecular formula is C12H9BrO4. The number of rotatable bonds is 3. The Kier molecular flexibility index (Phi) is 3.28. The van der Waals surface area contributed by atoms with Crippen molar-refractivity contribution in [2.24, 2.45) is 0 Å². The van der Waals surface area contributed by atoms with Crippen LogP contribution >= 0.6 is 15.9 Å². The molecule has 5 heteroatoms. The predicted molar refractivity (Wildman–Crippen MR) is 65.6 cm³/mol. The number of esters is 1. The monoisotopic (exact) mass is 296 g/mol. The highest BCUT2D eigenvalue weighted by Gasteiger charge is 2.14. The van der Waals surface area contributed by atoms with Crippen LogP contribution in [0.5, 0.6) is 5.95 Å². The van der Waals surface area contributed by atoms with Crippen LogP contribution in [0.15, 0.2) is 28.7 Å². The van der Waals surface area contributed by atoms with Gasteiger partial charge in [0.1, 0.15) is 5.58 Å². The molecule has 1 heterocycles. The zero-order valence-electron chi connectivity index (χ0n) is 9.03. The highest BCUT2D eigenvalue weighted by Crippen LogP contribution is 2.28. The van der Waals surface area contributed by atoms with Gasteiger partial charge in [0.15, 0.2) is 5.78 Å². The SMILES string of the molecule is CC(=O)Oc1cc2cccc(C(=O)CBr)c2o1. The molecule has 0 unspecified atom stereocenters.